The lowest BCUT2D eigenvalue weighted by Gasteiger charge is -2.33. The maximum absolute atomic E-state index is 14.3. The van der Waals surface area contributed by atoms with Crippen LogP contribution >= 0.6 is 0 Å². The van der Waals surface area contributed by atoms with Crippen LogP contribution in [0.15, 0.2) is 65.1 Å². The summed E-state index contributed by atoms with van der Waals surface area (Å²) in [5.41, 5.74) is 1.27. The van der Waals surface area contributed by atoms with E-state index in [9.17, 15) is 24.0 Å². The average molecular weight is 697 g/mol. The van der Waals surface area contributed by atoms with Gasteiger partial charge in [-0.05, 0) is 62.3 Å². The van der Waals surface area contributed by atoms with Crippen LogP contribution in [-0.4, -0.2) is 77.7 Å². The molecule has 3 aromatic rings. The number of allylic oxidation sites excluding steroid dienone is 1. The monoisotopic (exact) mass is 696 g/mol. The van der Waals surface area contributed by atoms with Gasteiger partial charge >= 0.3 is 0 Å². The van der Waals surface area contributed by atoms with Gasteiger partial charge in [0.1, 0.15) is 17.6 Å². The van der Waals surface area contributed by atoms with Crippen molar-refractivity contribution < 1.29 is 33.1 Å². The molecule has 4 amide bonds. The van der Waals surface area contributed by atoms with Gasteiger partial charge in [-0.3, -0.25) is 24.0 Å². The molecular formula is C38H44N6O7. The lowest BCUT2D eigenvalue weighted by Crippen LogP contribution is -2.50. The van der Waals surface area contributed by atoms with Gasteiger partial charge in [0.05, 0.1) is 30.5 Å². The Morgan fingerprint density at radius 2 is 1.73 bits per heavy atom. The van der Waals surface area contributed by atoms with Crippen LogP contribution in [0.4, 0.5) is 17.4 Å². The summed E-state index contributed by atoms with van der Waals surface area (Å²) in [6.45, 7) is 5.46. The molecule has 1 aromatic heterocycles. The number of ketones is 1. The van der Waals surface area contributed by atoms with Gasteiger partial charge in [-0.15, -0.1) is 0 Å². The number of ether oxygens (including phenoxy) is 1. The predicted octanol–water partition coefficient (Wildman–Crippen LogP) is 4.28. The lowest BCUT2D eigenvalue weighted by atomic mass is 9.82. The van der Waals surface area contributed by atoms with Crippen LogP contribution in [-0.2, 0) is 28.7 Å². The normalized spacial score (nSPS) is 26.0. The summed E-state index contributed by atoms with van der Waals surface area (Å²) in [5, 5.41) is 11.6. The number of hydrogen-bond acceptors (Lipinski definition) is 9. The van der Waals surface area contributed by atoms with Crippen molar-refractivity contribution in [2.45, 2.75) is 64.5 Å². The van der Waals surface area contributed by atoms with Crippen LogP contribution in [0.3, 0.4) is 0 Å². The fourth-order valence-electron chi connectivity index (χ4n) is 7.86. The first-order valence-electron chi connectivity index (χ1n) is 17.8. The van der Waals surface area contributed by atoms with Crippen molar-refractivity contribution in [1.82, 2.24) is 15.2 Å². The van der Waals surface area contributed by atoms with Gasteiger partial charge in [-0.25, -0.2) is 0 Å². The van der Waals surface area contributed by atoms with Crippen molar-refractivity contribution in [2.75, 3.05) is 42.3 Å². The Morgan fingerprint density at radius 3 is 2.43 bits per heavy atom. The van der Waals surface area contributed by atoms with E-state index in [-0.39, 0.29) is 48.0 Å². The van der Waals surface area contributed by atoms with Crippen molar-refractivity contribution in [3.8, 4) is 0 Å². The molecule has 4 N–H and O–H groups in total. The zero-order valence-corrected chi connectivity index (χ0v) is 28.9. The Bertz CT molecular complexity index is 1850. The Morgan fingerprint density at radius 1 is 0.980 bits per heavy atom. The van der Waals surface area contributed by atoms with Gasteiger partial charge < -0.3 is 35.3 Å². The van der Waals surface area contributed by atoms with E-state index < -0.39 is 35.1 Å². The third kappa shape index (κ3) is 6.74. The number of amides is 4. The summed E-state index contributed by atoms with van der Waals surface area (Å²) in [6, 6.07) is 12.5. The first-order valence-corrected chi connectivity index (χ1v) is 17.8. The number of carbonyl (C=O) groups is 5. The highest BCUT2D eigenvalue weighted by Gasteiger charge is 2.77. The third-order valence-electron chi connectivity index (χ3n) is 10.9. The molecule has 13 heteroatoms. The maximum Gasteiger partial charge on any atom is 0.296 e. The van der Waals surface area contributed by atoms with E-state index >= 15 is 0 Å². The number of nitrogens with zero attached hydrogens (tertiary/aromatic N) is 2. The van der Waals surface area contributed by atoms with E-state index in [4.69, 9.17) is 9.15 Å². The number of Topliss-reactive ketones (excluding diaryl/α,β-unsaturated/α-hetero) is 1. The van der Waals surface area contributed by atoms with Gasteiger partial charge in [0.15, 0.2) is 5.58 Å². The molecule has 3 fully saturated rings. The molecule has 1 aliphatic carbocycles. The summed E-state index contributed by atoms with van der Waals surface area (Å²) in [7, 11) is 0. The van der Waals surface area contributed by atoms with Crippen LogP contribution in [0.2, 0.25) is 0 Å². The van der Waals surface area contributed by atoms with Crippen LogP contribution < -0.4 is 21.3 Å². The van der Waals surface area contributed by atoms with E-state index in [1.54, 1.807) is 35.2 Å². The molecule has 0 bridgehead atoms. The fraction of sp³-hybridized carbons (Fsp3) is 0.474. The van der Waals surface area contributed by atoms with E-state index in [2.05, 4.69) is 26.3 Å². The minimum Gasteiger partial charge on any atom is -0.424 e. The molecule has 4 heterocycles. The molecule has 1 saturated carbocycles. The number of rotatable bonds is 6. The quantitative estimate of drug-likeness (QED) is 0.217. The zero-order chi connectivity index (χ0) is 35.8. The summed E-state index contributed by atoms with van der Waals surface area (Å²) >= 11 is 0. The average Bonchev–Trinajstić information content (AvgIpc) is 3.37. The van der Waals surface area contributed by atoms with Gasteiger partial charge in [0, 0.05) is 30.3 Å². The number of carbonyl (C=O) groups excluding carboxylic acids is 5. The van der Waals surface area contributed by atoms with Crippen LogP contribution in [0, 0.1) is 22.7 Å². The zero-order valence-electron chi connectivity index (χ0n) is 28.9. The first kappa shape index (κ1) is 34.4. The minimum absolute atomic E-state index is 0.119. The number of nitrogens with one attached hydrogen (secondary N) is 4. The molecule has 2 spiro atoms. The van der Waals surface area contributed by atoms with Gasteiger partial charge in [-0.1, -0.05) is 50.3 Å². The molecule has 7 rings (SSSR count). The second-order valence-electron chi connectivity index (χ2n) is 14.7. The van der Waals surface area contributed by atoms with Crippen molar-refractivity contribution >= 4 is 57.9 Å². The largest absolute Gasteiger partial charge is 0.424 e. The summed E-state index contributed by atoms with van der Waals surface area (Å²) in [6.07, 6.45) is 7.02. The number of fused-ring (bicyclic) bond motifs is 3. The van der Waals surface area contributed by atoms with Gasteiger partial charge in [0.2, 0.25) is 23.5 Å². The van der Waals surface area contributed by atoms with Crippen molar-refractivity contribution in [3.63, 3.8) is 0 Å². The smallest absolute Gasteiger partial charge is 0.296 e. The van der Waals surface area contributed by atoms with Gasteiger partial charge in [0.25, 0.3) is 11.9 Å². The van der Waals surface area contributed by atoms with E-state index in [0.29, 0.717) is 61.5 Å². The third-order valence-corrected chi connectivity index (χ3v) is 10.9. The van der Waals surface area contributed by atoms with Crippen LogP contribution in [0.5, 0.6) is 0 Å². The Kier molecular flexibility index (Phi) is 9.40. The minimum atomic E-state index is -1.13. The molecule has 0 radical (unpaired) electrons. The van der Waals surface area contributed by atoms with Crippen molar-refractivity contribution in [3.05, 3.63) is 60.7 Å². The molecule has 3 aliphatic heterocycles. The topological polar surface area (TPSA) is 172 Å². The number of anilines is 3. The SMILES string of the molecule is CC(C)C(Nc1nc2ccccc2o1)C(=O)N1C[C@H](C(=O)N[C@@H]2C/C=C/CCCCC(=O)Nc3ccccc3NC(=O)C2=O)C2(C1)CC21COC1. The van der Waals surface area contributed by atoms with Crippen LogP contribution in [0.1, 0.15) is 52.4 Å². The lowest BCUT2D eigenvalue weighted by molar-refractivity contribution is -0.138. The number of hydrogen-bond donors (Lipinski definition) is 4. The van der Waals surface area contributed by atoms with Crippen molar-refractivity contribution in [2.24, 2.45) is 22.7 Å². The molecular weight excluding hydrogens is 652 g/mol. The maximum atomic E-state index is 14.3. The second kappa shape index (κ2) is 13.9. The first-order chi connectivity index (χ1) is 24.6. The second-order valence-corrected chi connectivity index (χ2v) is 14.7. The van der Waals surface area contributed by atoms with Gasteiger partial charge in [-0.2, -0.15) is 4.98 Å². The Hall–Kier alpha value is -5.04. The number of oxazole rings is 1. The molecule has 13 nitrogen and oxygen atoms in total. The molecule has 2 unspecified atom stereocenters. The predicted molar refractivity (Wildman–Crippen MR) is 189 cm³/mol. The molecule has 4 atom stereocenters. The molecule has 2 aromatic carbocycles. The summed E-state index contributed by atoms with van der Waals surface area (Å²) < 4.78 is 11.5. The van der Waals surface area contributed by atoms with Crippen molar-refractivity contribution in [1.29, 1.82) is 0 Å². The highest BCUT2D eigenvalue weighted by atomic mass is 16.5. The molecule has 4 aliphatic rings. The Balaban J connectivity index is 1.10. The van der Waals surface area contributed by atoms with Crippen LogP contribution in [0.25, 0.3) is 11.1 Å². The Labute approximate surface area is 295 Å². The van der Waals surface area contributed by atoms with E-state index in [1.165, 1.54) is 0 Å². The van der Waals surface area contributed by atoms with E-state index in [1.807, 2.05) is 44.2 Å². The molecule has 51 heavy (non-hydrogen) atoms. The summed E-state index contributed by atoms with van der Waals surface area (Å²) in [4.78, 5) is 74.3. The number of likely N-dealkylation sites (tertiary alicyclic amines) is 1. The number of aromatic nitrogens is 1. The fourth-order valence-corrected chi connectivity index (χ4v) is 7.86. The number of benzene rings is 2. The highest BCUT2D eigenvalue weighted by molar-refractivity contribution is 6.43. The molecule has 268 valence electrons. The highest BCUT2D eigenvalue weighted by Crippen LogP contribution is 2.73. The number of para-hydroxylation sites is 4. The molecule has 2 saturated heterocycles. The van der Waals surface area contributed by atoms with E-state index in [0.717, 1.165) is 12.8 Å². The standard InChI is InChI=1S/C38H44N6O7/c1-23(2)31(43-36-42-27-14-10-11-16-29(27)51-36)35(49)44-18-24(38(20-44)19-37(38)21-50-22-37)33(47)41-28-15-6-4-3-5-7-17-30(45)39-25-12-8-9-13-26(25)40-34(48)32(28)46/h4,6,8-14,16,23-24,28,31H,3,5,7,15,17-22H2,1-2H3,(H,39,45)(H,40,48)(H,41,47)(H,42,43)/b6-4+/t24-,28-,31?,38?/m1/s1. The summed E-state index contributed by atoms with van der Waals surface area (Å²) in [5.74, 6) is -3.13.